The van der Waals surface area contributed by atoms with E-state index >= 15 is 0 Å². The molecule has 0 spiro atoms. The molecular weight excluding hydrogens is 344 g/mol. The Bertz CT molecular complexity index is 564. The lowest BCUT2D eigenvalue weighted by atomic mass is 9.83. The summed E-state index contributed by atoms with van der Waals surface area (Å²) in [5.41, 5.74) is 3.27. The van der Waals surface area contributed by atoms with Crippen LogP contribution in [0.2, 0.25) is 0 Å². The van der Waals surface area contributed by atoms with Crippen molar-refractivity contribution in [3.8, 4) is 5.75 Å². The van der Waals surface area contributed by atoms with Gasteiger partial charge in [-0.15, -0.1) is 0 Å². The molecule has 0 aromatic heterocycles. The van der Waals surface area contributed by atoms with Crippen LogP contribution in [-0.2, 0) is 0 Å². The first-order valence-corrected chi connectivity index (χ1v) is 7.52. The largest absolute Gasteiger partial charge is 0.491 e. The van der Waals surface area contributed by atoms with Crippen LogP contribution in [-0.4, -0.2) is 6.61 Å². The maximum Gasteiger partial charge on any atom is 0.141 e. The molecule has 0 N–H and O–H groups in total. The molecule has 1 aromatic rings. The Hall–Kier alpha value is -0.280. The van der Waals surface area contributed by atoms with E-state index in [4.69, 9.17) is 4.74 Å². The molecule has 0 radical (unpaired) electrons. The van der Waals surface area contributed by atoms with Crippen molar-refractivity contribution >= 4 is 37.4 Å². The van der Waals surface area contributed by atoms with E-state index < -0.39 is 0 Å². The zero-order valence-electron chi connectivity index (χ0n) is 9.47. The van der Waals surface area contributed by atoms with Crippen molar-refractivity contribution in [2.45, 2.75) is 13.3 Å². The van der Waals surface area contributed by atoms with Crippen molar-refractivity contribution in [3.63, 3.8) is 0 Å². The Morgan fingerprint density at radius 2 is 2.18 bits per heavy atom. The van der Waals surface area contributed by atoms with Crippen LogP contribution >= 0.6 is 31.9 Å². The summed E-state index contributed by atoms with van der Waals surface area (Å²) in [5, 5.41) is 0. The lowest BCUT2D eigenvalue weighted by Gasteiger charge is -2.30. The van der Waals surface area contributed by atoms with Gasteiger partial charge in [-0.25, -0.2) is 0 Å². The van der Waals surface area contributed by atoms with Gasteiger partial charge >= 0.3 is 0 Å². The van der Waals surface area contributed by atoms with E-state index in [1.54, 1.807) is 0 Å². The van der Waals surface area contributed by atoms with Gasteiger partial charge in [0.25, 0.3) is 0 Å². The highest BCUT2D eigenvalue weighted by atomic mass is 79.9. The highest BCUT2D eigenvalue weighted by Crippen LogP contribution is 2.68. The van der Waals surface area contributed by atoms with Crippen LogP contribution in [0, 0.1) is 17.3 Å². The molecule has 1 aliphatic heterocycles. The molecule has 4 rings (SSSR count). The molecular formula is C14H12Br2O. The number of rotatable bonds is 0. The van der Waals surface area contributed by atoms with Gasteiger partial charge in [-0.3, -0.25) is 0 Å². The highest BCUT2D eigenvalue weighted by Gasteiger charge is 2.60. The average Bonchev–Trinajstić information content (AvgIpc) is 2.83. The Balaban J connectivity index is 1.91. The van der Waals surface area contributed by atoms with E-state index in [1.165, 1.54) is 17.6 Å². The van der Waals surface area contributed by atoms with Crippen molar-refractivity contribution in [1.82, 2.24) is 0 Å². The second kappa shape index (κ2) is 3.18. The molecule has 3 aliphatic rings. The minimum absolute atomic E-state index is 0.488. The van der Waals surface area contributed by atoms with Crippen LogP contribution in [0.4, 0.5) is 0 Å². The predicted molar refractivity (Wildman–Crippen MR) is 75.0 cm³/mol. The van der Waals surface area contributed by atoms with Crippen LogP contribution in [0.25, 0.3) is 5.57 Å². The van der Waals surface area contributed by atoms with Gasteiger partial charge in [0.15, 0.2) is 0 Å². The fourth-order valence-electron chi connectivity index (χ4n) is 3.40. The SMILES string of the molecule is C[C@@]12C[C@@H]1C=C1c3cc(Br)cc(Br)c3OC[C@@H]12. The number of hydrogen-bond acceptors (Lipinski definition) is 1. The fourth-order valence-corrected chi connectivity index (χ4v) is 4.74. The topological polar surface area (TPSA) is 9.23 Å². The summed E-state index contributed by atoms with van der Waals surface area (Å²) in [6.45, 7) is 3.24. The monoisotopic (exact) mass is 354 g/mol. The van der Waals surface area contributed by atoms with E-state index in [0.717, 1.165) is 27.2 Å². The highest BCUT2D eigenvalue weighted by molar-refractivity contribution is 9.11. The first kappa shape index (κ1) is 10.6. The van der Waals surface area contributed by atoms with Gasteiger partial charge < -0.3 is 4.74 Å². The number of fused-ring (bicyclic) bond motifs is 5. The van der Waals surface area contributed by atoms with E-state index in [9.17, 15) is 0 Å². The smallest absolute Gasteiger partial charge is 0.141 e. The van der Waals surface area contributed by atoms with Crippen molar-refractivity contribution in [2.75, 3.05) is 6.61 Å². The summed E-state index contributed by atoms with van der Waals surface area (Å²) < 4.78 is 8.14. The van der Waals surface area contributed by atoms with E-state index in [-0.39, 0.29) is 0 Å². The quantitative estimate of drug-likeness (QED) is 0.658. The zero-order valence-corrected chi connectivity index (χ0v) is 12.6. The third-order valence-electron chi connectivity index (χ3n) is 4.61. The Morgan fingerprint density at radius 3 is 3.00 bits per heavy atom. The second-order valence-electron chi connectivity index (χ2n) is 5.57. The summed E-state index contributed by atoms with van der Waals surface area (Å²) in [6.07, 6.45) is 3.82. The molecule has 0 saturated heterocycles. The summed E-state index contributed by atoms with van der Waals surface area (Å²) in [6, 6.07) is 4.24. The number of benzene rings is 1. The van der Waals surface area contributed by atoms with E-state index in [1.807, 2.05) is 0 Å². The molecule has 0 unspecified atom stereocenters. The minimum atomic E-state index is 0.488. The van der Waals surface area contributed by atoms with Gasteiger partial charge in [-0.05, 0) is 51.4 Å². The molecule has 1 aromatic carbocycles. The number of hydrogen-bond donors (Lipinski definition) is 0. The number of allylic oxidation sites excluding steroid dienone is 1. The zero-order chi connectivity index (χ0) is 11.8. The van der Waals surface area contributed by atoms with E-state index in [0.29, 0.717) is 11.3 Å². The molecule has 88 valence electrons. The molecule has 17 heavy (non-hydrogen) atoms. The van der Waals surface area contributed by atoms with Gasteiger partial charge in [-0.1, -0.05) is 28.9 Å². The summed E-state index contributed by atoms with van der Waals surface area (Å²) in [5.74, 6) is 2.40. The van der Waals surface area contributed by atoms with Crippen LogP contribution in [0.5, 0.6) is 5.75 Å². The van der Waals surface area contributed by atoms with Gasteiger partial charge in [0.1, 0.15) is 5.75 Å². The third-order valence-corrected chi connectivity index (χ3v) is 5.66. The van der Waals surface area contributed by atoms with Crippen molar-refractivity contribution in [2.24, 2.45) is 17.3 Å². The van der Waals surface area contributed by atoms with Crippen LogP contribution in [0.3, 0.4) is 0 Å². The molecule has 1 heterocycles. The second-order valence-corrected chi connectivity index (χ2v) is 7.34. The van der Waals surface area contributed by atoms with Crippen LogP contribution in [0.15, 0.2) is 27.2 Å². The molecule has 1 fully saturated rings. The van der Waals surface area contributed by atoms with Crippen molar-refractivity contribution < 1.29 is 4.74 Å². The third kappa shape index (κ3) is 1.30. The Morgan fingerprint density at radius 1 is 1.35 bits per heavy atom. The van der Waals surface area contributed by atoms with E-state index in [2.05, 4.69) is 57.0 Å². The maximum atomic E-state index is 5.98. The summed E-state index contributed by atoms with van der Waals surface area (Å²) in [4.78, 5) is 0. The average molecular weight is 356 g/mol. The molecule has 2 aliphatic carbocycles. The molecule has 1 nitrogen and oxygen atoms in total. The number of halogens is 2. The lowest BCUT2D eigenvalue weighted by Crippen LogP contribution is -2.25. The van der Waals surface area contributed by atoms with Crippen LogP contribution < -0.4 is 4.74 Å². The normalized spacial score (nSPS) is 36.5. The predicted octanol–water partition coefficient (Wildman–Crippen LogP) is 4.64. The maximum absolute atomic E-state index is 5.98. The van der Waals surface area contributed by atoms with Gasteiger partial charge in [0.05, 0.1) is 11.1 Å². The molecule has 3 heteroatoms. The lowest BCUT2D eigenvalue weighted by molar-refractivity contribution is 0.219. The summed E-state index contributed by atoms with van der Waals surface area (Å²) in [7, 11) is 0. The molecule has 0 bridgehead atoms. The van der Waals surface area contributed by atoms with Crippen molar-refractivity contribution in [1.29, 1.82) is 0 Å². The minimum Gasteiger partial charge on any atom is -0.491 e. The van der Waals surface area contributed by atoms with Crippen LogP contribution in [0.1, 0.15) is 18.9 Å². The van der Waals surface area contributed by atoms with Gasteiger partial charge in [0.2, 0.25) is 0 Å². The Kier molecular flexibility index (Phi) is 1.99. The standard InChI is InChI=1S/C14H12Br2O/c1-14-5-7(14)2-9-10-3-8(15)4-12(16)13(10)17-6-11(9)14/h2-4,7,11H,5-6H2,1H3/t7-,11-,14+/m0/s1. The van der Waals surface area contributed by atoms with Gasteiger partial charge in [-0.2, -0.15) is 0 Å². The first-order chi connectivity index (χ1) is 8.09. The Labute approximate surface area is 117 Å². The molecule has 1 saturated carbocycles. The first-order valence-electron chi connectivity index (χ1n) is 5.93. The fraction of sp³-hybridized carbons (Fsp3) is 0.429. The molecule has 3 atom stereocenters. The molecule has 0 amide bonds. The van der Waals surface area contributed by atoms with Gasteiger partial charge in [0, 0.05) is 16.0 Å². The number of ether oxygens (including phenoxy) is 1. The summed E-state index contributed by atoms with van der Waals surface area (Å²) >= 11 is 7.15. The van der Waals surface area contributed by atoms with Crippen molar-refractivity contribution in [3.05, 3.63) is 32.7 Å².